The summed E-state index contributed by atoms with van der Waals surface area (Å²) in [5, 5.41) is 0. The number of methoxy groups -OCH3 is 3. The molecule has 52 heavy (non-hydrogen) atoms. The molecule has 2 aromatic carbocycles. The summed E-state index contributed by atoms with van der Waals surface area (Å²) < 4.78 is 41.4. The van der Waals surface area contributed by atoms with E-state index in [1.165, 1.54) is 0 Å². The minimum atomic E-state index is -0.640. The van der Waals surface area contributed by atoms with Crippen LogP contribution in [0, 0.1) is 0 Å². The number of benzene rings is 2. The second kappa shape index (κ2) is 26.7. The van der Waals surface area contributed by atoms with E-state index in [-0.39, 0.29) is 50.8 Å². The van der Waals surface area contributed by atoms with Gasteiger partial charge in [-0.25, -0.2) is 4.79 Å². The minimum Gasteiger partial charge on any atom is -0.465 e. The van der Waals surface area contributed by atoms with Crippen molar-refractivity contribution in [2.75, 3.05) is 90.0 Å². The van der Waals surface area contributed by atoms with Crippen LogP contribution in [0.3, 0.4) is 0 Å². The quantitative estimate of drug-likeness (QED) is 0.0576. The number of hydrogen-bond donors (Lipinski definition) is 1. The Labute approximate surface area is 312 Å². The van der Waals surface area contributed by atoms with E-state index in [0.29, 0.717) is 71.3 Å². The lowest BCUT2D eigenvalue weighted by atomic mass is 10.0. The third-order valence-corrected chi connectivity index (χ3v) is 8.60. The highest BCUT2D eigenvalue weighted by molar-refractivity contribution is 7.79. The number of carbonyl (C=O) groups excluding carboxylic acids is 4. The van der Waals surface area contributed by atoms with Gasteiger partial charge in [0.1, 0.15) is 32.5 Å². The van der Waals surface area contributed by atoms with Gasteiger partial charge < -0.3 is 47.7 Å². The molecule has 290 valence electrons. The van der Waals surface area contributed by atoms with Gasteiger partial charge in [0.05, 0.1) is 18.3 Å². The lowest BCUT2D eigenvalue weighted by Crippen LogP contribution is -2.33. The molecule has 1 aliphatic rings. The van der Waals surface area contributed by atoms with Crippen LogP contribution in [-0.2, 0) is 58.7 Å². The smallest absolute Gasteiger partial charge is 0.465 e. The maximum atomic E-state index is 11.4. The van der Waals surface area contributed by atoms with E-state index < -0.39 is 6.16 Å². The third-order valence-electron chi connectivity index (χ3n) is 8.60. The Morgan fingerprint density at radius 3 is 1.38 bits per heavy atom. The number of carbonyl (C=O) groups is 4. The van der Waals surface area contributed by atoms with Crippen LogP contribution in [0.5, 0.6) is 0 Å². The summed E-state index contributed by atoms with van der Waals surface area (Å²) in [6, 6.07) is 16.7. The number of hydrogen-bond acceptors (Lipinski definition) is 15. The average Bonchev–Trinajstić information content (AvgIpc) is 3.61. The zero-order valence-electron chi connectivity index (χ0n) is 30.6. The molecule has 0 aromatic heterocycles. The molecule has 0 aliphatic carbocycles. The Kier molecular flexibility index (Phi) is 22.6. The lowest BCUT2D eigenvalue weighted by molar-refractivity contribution is -0.133. The molecule has 14 nitrogen and oxygen atoms in total. The number of anilines is 2. The summed E-state index contributed by atoms with van der Waals surface area (Å²) in [4.78, 5) is 47.9. The van der Waals surface area contributed by atoms with Gasteiger partial charge in [0.15, 0.2) is 0 Å². The van der Waals surface area contributed by atoms with Crippen molar-refractivity contribution >= 4 is 49.6 Å². The highest BCUT2D eigenvalue weighted by atomic mass is 32.1. The molecule has 1 aliphatic heterocycles. The summed E-state index contributed by atoms with van der Waals surface area (Å²) in [6.45, 7) is 4.58. The Morgan fingerprint density at radius 1 is 0.673 bits per heavy atom. The first-order valence-corrected chi connectivity index (χ1v) is 18.0. The van der Waals surface area contributed by atoms with Crippen molar-refractivity contribution in [1.82, 2.24) is 0 Å². The zero-order chi connectivity index (χ0) is 38.0. The highest BCUT2D eigenvalue weighted by Crippen LogP contribution is 2.23. The standard InChI is InChI=1S/C36H50N2O12.CH4S/c1-43-32(21-46-25-39)12-16-37(17-13-33(44-2)22-47-26-40)30-8-4-28(5-9-30)20-29-6-10-31(11-7-29)38(18-14-34(45-3)23-48-27-41)19-15-35-24-49-36(42)50-35;1-2/h4-11,25-27,32-35H,12-24H2,1-3H3;2H,1H3. The first-order valence-electron chi connectivity index (χ1n) is 17.1. The predicted octanol–water partition coefficient (Wildman–Crippen LogP) is 4.10. The zero-order valence-corrected chi connectivity index (χ0v) is 31.5. The number of thiol groups is 1. The average molecular weight is 751 g/mol. The topological polar surface area (TPSA) is 149 Å². The van der Waals surface area contributed by atoms with E-state index in [2.05, 4.69) is 71.0 Å². The van der Waals surface area contributed by atoms with Gasteiger partial charge in [-0.3, -0.25) is 14.4 Å². The molecule has 1 heterocycles. The molecule has 1 fully saturated rings. The van der Waals surface area contributed by atoms with Crippen LogP contribution in [0.15, 0.2) is 48.5 Å². The Bertz CT molecular complexity index is 1250. The number of nitrogens with zero attached hydrogens (tertiary/aromatic N) is 2. The van der Waals surface area contributed by atoms with Crippen molar-refractivity contribution in [1.29, 1.82) is 0 Å². The van der Waals surface area contributed by atoms with E-state index in [0.717, 1.165) is 28.9 Å². The molecule has 4 atom stereocenters. The molecule has 0 N–H and O–H groups in total. The van der Waals surface area contributed by atoms with Crippen molar-refractivity contribution in [2.45, 2.75) is 56.5 Å². The van der Waals surface area contributed by atoms with Crippen molar-refractivity contribution in [3.05, 3.63) is 59.7 Å². The van der Waals surface area contributed by atoms with Gasteiger partial charge in [-0.1, -0.05) is 24.3 Å². The van der Waals surface area contributed by atoms with E-state index in [4.69, 9.17) is 37.9 Å². The summed E-state index contributed by atoms with van der Waals surface area (Å²) in [7, 11) is 4.77. The maximum absolute atomic E-state index is 11.4. The molecular weight excluding hydrogens is 696 g/mol. The van der Waals surface area contributed by atoms with Crippen molar-refractivity contribution in [2.24, 2.45) is 0 Å². The van der Waals surface area contributed by atoms with E-state index >= 15 is 0 Å². The monoisotopic (exact) mass is 750 g/mol. The largest absolute Gasteiger partial charge is 0.508 e. The van der Waals surface area contributed by atoms with Crippen molar-refractivity contribution < 1.29 is 57.1 Å². The van der Waals surface area contributed by atoms with E-state index in [1.54, 1.807) is 27.6 Å². The Hall–Kier alpha value is -4.05. The molecule has 15 heteroatoms. The van der Waals surface area contributed by atoms with Gasteiger partial charge >= 0.3 is 6.16 Å². The first-order chi connectivity index (χ1) is 25.4. The molecular formula is C37H54N2O12S. The second-order valence-corrected chi connectivity index (χ2v) is 11.8. The van der Waals surface area contributed by atoms with Crippen molar-refractivity contribution in [3.8, 4) is 0 Å². The first kappa shape index (κ1) is 44.1. The Morgan fingerprint density at radius 2 is 1.06 bits per heavy atom. The van der Waals surface area contributed by atoms with Gasteiger partial charge in [0, 0.05) is 65.3 Å². The van der Waals surface area contributed by atoms with Gasteiger partial charge in [-0.15, -0.1) is 0 Å². The van der Waals surface area contributed by atoms with E-state index in [1.807, 2.05) is 0 Å². The predicted molar refractivity (Wildman–Crippen MR) is 198 cm³/mol. The molecule has 0 radical (unpaired) electrons. The summed E-state index contributed by atoms with van der Waals surface area (Å²) in [5.74, 6) is 0. The van der Waals surface area contributed by atoms with Gasteiger partial charge in [0.2, 0.25) is 0 Å². The molecule has 1 saturated heterocycles. The SMILES string of the molecule is COC(CCN(CCC(COC=O)OC)c1ccc(Cc2ccc(N(CCC(COC=O)OC)CCC3COC(=O)O3)cc2)cc1)COC=O.CS. The molecule has 0 bridgehead atoms. The normalized spacial score (nSPS) is 15.1. The molecule has 0 amide bonds. The second-order valence-electron chi connectivity index (χ2n) is 11.8. The van der Waals surface area contributed by atoms with Crippen molar-refractivity contribution in [3.63, 3.8) is 0 Å². The van der Waals surface area contributed by atoms with Crippen LogP contribution in [0.25, 0.3) is 0 Å². The van der Waals surface area contributed by atoms with Crippen LogP contribution in [-0.4, -0.2) is 130 Å². The van der Waals surface area contributed by atoms with Gasteiger partial charge in [-0.05, 0) is 67.3 Å². The number of ether oxygens (including phenoxy) is 8. The van der Waals surface area contributed by atoms with Crippen LogP contribution in [0.4, 0.5) is 16.2 Å². The minimum absolute atomic E-state index is 0.172. The Balaban J connectivity index is 0.00000460. The summed E-state index contributed by atoms with van der Waals surface area (Å²) in [5.41, 5.74) is 4.31. The molecule has 4 unspecified atom stereocenters. The fourth-order valence-corrected chi connectivity index (χ4v) is 5.58. The molecule has 0 saturated carbocycles. The van der Waals surface area contributed by atoms with Crippen LogP contribution >= 0.6 is 12.6 Å². The molecule has 2 aromatic rings. The fraction of sp³-hybridized carbons (Fsp3) is 0.568. The number of rotatable bonds is 28. The lowest BCUT2D eigenvalue weighted by Gasteiger charge is -2.28. The van der Waals surface area contributed by atoms with Crippen LogP contribution in [0.1, 0.15) is 36.8 Å². The fourth-order valence-electron chi connectivity index (χ4n) is 5.58. The molecule has 0 spiro atoms. The molecule has 3 rings (SSSR count). The van der Waals surface area contributed by atoms with Gasteiger partial charge in [-0.2, -0.15) is 12.6 Å². The summed E-state index contributed by atoms with van der Waals surface area (Å²) in [6.07, 6.45) is 3.26. The third kappa shape index (κ3) is 16.5. The van der Waals surface area contributed by atoms with Gasteiger partial charge in [0.25, 0.3) is 19.4 Å². The number of cyclic esters (lactones) is 2. The highest BCUT2D eigenvalue weighted by Gasteiger charge is 2.25. The van der Waals surface area contributed by atoms with E-state index in [9.17, 15) is 19.2 Å². The van der Waals surface area contributed by atoms with Crippen LogP contribution < -0.4 is 9.80 Å². The maximum Gasteiger partial charge on any atom is 0.508 e. The summed E-state index contributed by atoms with van der Waals surface area (Å²) >= 11 is 3.53. The van der Waals surface area contributed by atoms with Crippen LogP contribution in [0.2, 0.25) is 0 Å².